The lowest BCUT2D eigenvalue weighted by molar-refractivity contribution is -0.192. The zero-order chi connectivity index (χ0) is 24.8. The van der Waals surface area contributed by atoms with Gasteiger partial charge in [0.05, 0.1) is 0 Å². The average molecular weight is 477 g/mol. The normalized spacial score (nSPS) is 20.9. The topological polar surface area (TPSA) is 99.6 Å². The number of aromatic nitrogens is 1. The maximum atomic E-state index is 12.5. The van der Waals surface area contributed by atoms with E-state index >= 15 is 0 Å². The number of carbonyl (C=O) groups is 3. The molecule has 34 heavy (non-hydrogen) atoms. The van der Waals surface area contributed by atoms with E-state index in [1.807, 2.05) is 35.2 Å². The van der Waals surface area contributed by atoms with Gasteiger partial charge in [0.2, 0.25) is 11.8 Å². The number of nitrogens with one attached hydrogen (secondary N) is 1. The van der Waals surface area contributed by atoms with E-state index in [1.165, 1.54) is 5.56 Å². The molecule has 2 amide bonds. The fourth-order valence-electron chi connectivity index (χ4n) is 4.15. The van der Waals surface area contributed by atoms with Crippen LogP contribution in [0.2, 0.25) is 0 Å². The number of hydrogen-bond donors (Lipinski definition) is 2. The molecule has 2 atom stereocenters. The summed E-state index contributed by atoms with van der Waals surface area (Å²) in [6.07, 6.45) is 1.56. The van der Waals surface area contributed by atoms with Gasteiger partial charge in [-0.3, -0.25) is 14.6 Å². The largest absolute Gasteiger partial charge is 0.490 e. The smallest absolute Gasteiger partial charge is 0.475 e. The summed E-state index contributed by atoms with van der Waals surface area (Å²) in [5.41, 5.74) is 2.21. The highest BCUT2D eigenvalue weighted by atomic mass is 19.4. The number of rotatable bonds is 6. The van der Waals surface area contributed by atoms with Crippen LogP contribution < -0.4 is 5.32 Å². The van der Waals surface area contributed by atoms with Crippen LogP contribution in [0.15, 0.2) is 54.9 Å². The van der Waals surface area contributed by atoms with Gasteiger partial charge >= 0.3 is 12.1 Å². The third kappa shape index (κ3) is 6.79. The SMILES string of the molecule is O=C(NCc1cccnc1)C1CC12CCN(C(=O)CCc1ccccc1)C2.O=C(O)C(F)(F)F. The molecule has 10 heteroatoms. The highest BCUT2D eigenvalue weighted by Crippen LogP contribution is 2.58. The van der Waals surface area contributed by atoms with Crippen LogP contribution in [0.1, 0.15) is 30.4 Å². The van der Waals surface area contributed by atoms with Crippen molar-refractivity contribution in [2.45, 2.75) is 38.4 Å². The van der Waals surface area contributed by atoms with Gasteiger partial charge in [-0.2, -0.15) is 13.2 Å². The average Bonchev–Trinajstić information content (AvgIpc) is 3.36. The van der Waals surface area contributed by atoms with E-state index in [1.54, 1.807) is 12.4 Å². The Labute approximate surface area is 195 Å². The van der Waals surface area contributed by atoms with Crippen molar-refractivity contribution in [2.24, 2.45) is 11.3 Å². The number of nitrogens with zero attached hydrogens (tertiary/aromatic N) is 2. The van der Waals surface area contributed by atoms with Gasteiger partial charge in [0.25, 0.3) is 0 Å². The van der Waals surface area contributed by atoms with E-state index in [0.29, 0.717) is 13.0 Å². The van der Waals surface area contributed by atoms with Crippen molar-refractivity contribution in [1.82, 2.24) is 15.2 Å². The number of likely N-dealkylation sites (tertiary alicyclic amines) is 1. The summed E-state index contributed by atoms with van der Waals surface area (Å²) in [6.45, 7) is 2.02. The van der Waals surface area contributed by atoms with E-state index in [9.17, 15) is 22.8 Å². The number of carboxylic acid groups (broad SMARTS) is 1. The quantitative estimate of drug-likeness (QED) is 0.666. The number of halogens is 3. The Balaban J connectivity index is 0.000000406. The minimum Gasteiger partial charge on any atom is -0.475 e. The third-order valence-electron chi connectivity index (χ3n) is 6.15. The van der Waals surface area contributed by atoms with Crippen LogP contribution in [0.4, 0.5) is 13.2 Å². The second-order valence-electron chi connectivity index (χ2n) is 8.55. The number of pyridine rings is 1. The third-order valence-corrected chi connectivity index (χ3v) is 6.15. The molecule has 1 spiro atoms. The maximum absolute atomic E-state index is 12.5. The highest BCUT2D eigenvalue weighted by Gasteiger charge is 2.61. The van der Waals surface area contributed by atoms with E-state index in [0.717, 1.165) is 37.9 Å². The first kappa shape index (κ1) is 25.2. The number of alkyl halides is 3. The second kappa shape index (κ2) is 10.7. The molecule has 2 heterocycles. The molecule has 2 fully saturated rings. The number of carboxylic acids is 1. The molecule has 0 bridgehead atoms. The Morgan fingerprint density at radius 2 is 1.79 bits per heavy atom. The lowest BCUT2D eigenvalue weighted by Crippen LogP contribution is -2.31. The first-order chi connectivity index (χ1) is 16.1. The molecule has 1 saturated carbocycles. The molecule has 2 aromatic rings. The van der Waals surface area contributed by atoms with E-state index in [2.05, 4.69) is 22.4 Å². The van der Waals surface area contributed by atoms with Crippen molar-refractivity contribution in [2.75, 3.05) is 13.1 Å². The van der Waals surface area contributed by atoms with Crippen molar-refractivity contribution >= 4 is 17.8 Å². The van der Waals surface area contributed by atoms with E-state index < -0.39 is 12.1 Å². The highest BCUT2D eigenvalue weighted by molar-refractivity contribution is 5.83. The van der Waals surface area contributed by atoms with Gasteiger partial charge in [-0.15, -0.1) is 0 Å². The number of aryl methyl sites for hydroxylation is 1. The number of carbonyl (C=O) groups excluding carboxylic acids is 2. The molecule has 2 aliphatic rings. The number of aliphatic carboxylic acids is 1. The monoisotopic (exact) mass is 477 g/mol. The van der Waals surface area contributed by atoms with E-state index in [4.69, 9.17) is 9.90 Å². The molecule has 2 N–H and O–H groups in total. The van der Waals surface area contributed by atoms with Crippen molar-refractivity contribution < 1.29 is 32.7 Å². The van der Waals surface area contributed by atoms with Gasteiger partial charge < -0.3 is 15.3 Å². The Morgan fingerprint density at radius 3 is 2.41 bits per heavy atom. The van der Waals surface area contributed by atoms with Crippen LogP contribution in [-0.4, -0.2) is 52.0 Å². The van der Waals surface area contributed by atoms with Crippen LogP contribution in [-0.2, 0) is 27.3 Å². The fraction of sp³-hybridized carbons (Fsp3) is 0.417. The predicted molar refractivity (Wildman–Crippen MR) is 116 cm³/mol. The van der Waals surface area contributed by atoms with Gasteiger partial charge in [-0.25, -0.2) is 4.79 Å². The Bertz CT molecular complexity index is 946. The summed E-state index contributed by atoms with van der Waals surface area (Å²) < 4.78 is 31.7. The predicted octanol–water partition coefficient (Wildman–Crippen LogP) is 3.20. The summed E-state index contributed by atoms with van der Waals surface area (Å²) in [7, 11) is 0. The summed E-state index contributed by atoms with van der Waals surface area (Å²) in [6, 6.07) is 13.9. The number of benzene rings is 1. The molecule has 1 aromatic carbocycles. The second-order valence-corrected chi connectivity index (χ2v) is 8.55. The first-order valence-electron chi connectivity index (χ1n) is 10.9. The molecule has 1 saturated heterocycles. The Kier molecular flexibility index (Phi) is 7.90. The molecule has 1 aromatic heterocycles. The summed E-state index contributed by atoms with van der Waals surface area (Å²) in [5, 5.41) is 10.1. The van der Waals surface area contributed by atoms with Gasteiger partial charge in [0.1, 0.15) is 0 Å². The molecular weight excluding hydrogens is 451 g/mol. The zero-order valence-corrected chi connectivity index (χ0v) is 18.4. The standard InChI is InChI=1S/C22H25N3O2.C2HF3O2/c26-20(9-8-17-5-2-1-3-6-17)25-12-10-22(16-25)13-19(22)21(27)24-15-18-7-4-11-23-14-18;3-2(4,5)1(6)7/h1-7,11,14,19H,8-10,12-13,15-16H2,(H,24,27);(H,6,7). The molecule has 1 aliphatic carbocycles. The minimum atomic E-state index is -5.08. The molecular formula is C24H26F3N3O4. The van der Waals surface area contributed by atoms with Gasteiger partial charge in [-0.05, 0) is 36.5 Å². The Morgan fingerprint density at radius 1 is 1.12 bits per heavy atom. The lowest BCUT2D eigenvalue weighted by atomic mass is 10.0. The maximum Gasteiger partial charge on any atom is 0.490 e. The van der Waals surface area contributed by atoms with Crippen molar-refractivity contribution in [1.29, 1.82) is 0 Å². The van der Waals surface area contributed by atoms with Gasteiger partial charge in [-0.1, -0.05) is 36.4 Å². The van der Waals surface area contributed by atoms with Crippen molar-refractivity contribution in [3.05, 3.63) is 66.0 Å². The van der Waals surface area contributed by atoms with Gasteiger partial charge in [0, 0.05) is 49.8 Å². The van der Waals surface area contributed by atoms with E-state index in [-0.39, 0.29) is 23.1 Å². The van der Waals surface area contributed by atoms with Crippen molar-refractivity contribution in [3.63, 3.8) is 0 Å². The number of amides is 2. The van der Waals surface area contributed by atoms with Crippen LogP contribution >= 0.6 is 0 Å². The first-order valence-corrected chi connectivity index (χ1v) is 10.9. The summed E-state index contributed by atoms with van der Waals surface area (Å²) in [4.78, 5) is 40.0. The molecule has 1 aliphatic heterocycles. The molecule has 0 radical (unpaired) electrons. The lowest BCUT2D eigenvalue weighted by Gasteiger charge is -2.17. The molecule has 7 nitrogen and oxygen atoms in total. The van der Waals surface area contributed by atoms with Crippen LogP contribution in [0.25, 0.3) is 0 Å². The molecule has 4 rings (SSSR count). The molecule has 182 valence electrons. The van der Waals surface area contributed by atoms with Gasteiger partial charge in [0.15, 0.2) is 0 Å². The van der Waals surface area contributed by atoms with Crippen LogP contribution in [0.5, 0.6) is 0 Å². The van der Waals surface area contributed by atoms with Crippen molar-refractivity contribution in [3.8, 4) is 0 Å². The summed E-state index contributed by atoms with van der Waals surface area (Å²) >= 11 is 0. The zero-order valence-electron chi connectivity index (χ0n) is 18.4. The fourth-order valence-corrected chi connectivity index (χ4v) is 4.15. The Hall–Kier alpha value is -3.43. The van der Waals surface area contributed by atoms with Crippen LogP contribution in [0.3, 0.4) is 0 Å². The summed E-state index contributed by atoms with van der Waals surface area (Å²) in [5.74, 6) is -2.40. The molecule has 2 unspecified atom stereocenters. The van der Waals surface area contributed by atoms with Crippen LogP contribution in [0, 0.1) is 11.3 Å². The minimum absolute atomic E-state index is 0.0153. The number of hydrogen-bond acceptors (Lipinski definition) is 4.